The van der Waals surface area contributed by atoms with Gasteiger partial charge < -0.3 is 14.5 Å². The van der Waals surface area contributed by atoms with Gasteiger partial charge in [0.2, 0.25) is 5.28 Å². The molecule has 1 aliphatic carbocycles. The first-order chi connectivity index (χ1) is 13.6. The lowest BCUT2D eigenvalue weighted by Gasteiger charge is -2.36. The van der Waals surface area contributed by atoms with Gasteiger partial charge in [-0.15, -0.1) is 0 Å². The number of hydrogen-bond donors (Lipinski definition) is 0. The molecule has 4 rings (SSSR count). The van der Waals surface area contributed by atoms with Gasteiger partial charge in [-0.3, -0.25) is 4.79 Å². The highest BCUT2D eigenvalue weighted by Gasteiger charge is 2.28. The average Bonchev–Trinajstić information content (AvgIpc) is 2.72. The van der Waals surface area contributed by atoms with Crippen molar-refractivity contribution < 1.29 is 14.3 Å². The Labute approximate surface area is 168 Å². The predicted octanol–water partition coefficient (Wildman–Crippen LogP) is 2.65. The number of aromatic nitrogens is 2. The highest BCUT2D eigenvalue weighted by molar-refractivity contribution is 6.28. The van der Waals surface area contributed by atoms with E-state index in [1.54, 1.807) is 4.90 Å². The quantitative estimate of drug-likeness (QED) is 0.737. The van der Waals surface area contributed by atoms with Gasteiger partial charge in [-0.2, -0.15) is 0 Å². The van der Waals surface area contributed by atoms with Gasteiger partial charge in [0.25, 0.3) is 0 Å². The normalized spacial score (nSPS) is 16.7. The highest BCUT2D eigenvalue weighted by atomic mass is 35.5. The SMILES string of the molecule is O=C1CCc2c(nc(Cl)nc2N2CCN(C(=O)OCc3ccccc3)CC2)C1. The van der Waals surface area contributed by atoms with Gasteiger partial charge in [0.15, 0.2) is 0 Å². The average molecular weight is 401 g/mol. The van der Waals surface area contributed by atoms with Gasteiger partial charge in [-0.25, -0.2) is 14.8 Å². The molecule has 8 heteroatoms. The van der Waals surface area contributed by atoms with E-state index in [1.807, 2.05) is 30.3 Å². The van der Waals surface area contributed by atoms with Crippen LogP contribution in [0.25, 0.3) is 0 Å². The molecule has 0 radical (unpaired) electrons. The minimum absolute atomic E-state index is 0.160. The van der Waals surface area contributed by atoms with Crippen LogP contribution in [0.4, 0.5) is 10.6 Å². The van der Waals surface area contributed by atoms with E-state index in [2.05, 4.69) is 14.9 Å². The van der Waals surface area contributed by atoms with Gasteiger partial charge in [-0.1, -0.05) is 30.3 Å². The van der Waals surface area contributed by atoms with Crippen molar-refractivity contribution in [3.63, 3.8) is 0 Å². The van der Waals surface area contributed by atoms with Gasteiger partial charge in [0.05, 0.1) is 5.69 Å². The summed E-state index contributed by atoms with van der Waals surface area (Å²) in [5.41, 5.74) is 2.70. The summed E-state index contributed by atoms with van der Waals surface area (Å²) in [5.74, 6) is 0.971. The van der Waals surface area contributed by atoms with Crippen LogP contribution >= 0.6 is 11.6 Å². The van der Waals surface area contributed by atoms with Crippen LogP contribution in [0.1, 0.15) is 23.2 Å². The first-order valence-corrected chi connectivity index (χ1v) is 9.75. The molecule has 1 saturated heterocycles. The Bertz CT molecular complexity index is 883. The Balaban J connectivity index is 1.38. The van der Waals surface area contributed by atoms with E-state index in [-0.39, 0.29) is 23.8 Å². The third kappa shape index (κ3) is 4.09. The molecule has 7 nitrogen and oxygen atoms in total. The summed E-state index contributed by atoms with van der Waals surface area (Å²) in [6, 6.07) is 9.63. The van der Waals surface area contributed by atoms with Crippen LogP contribution in [0.15, 0.2) is 30.3 Å². The monoisotopic (exact) mass is 400 g/mol. The number of Topliss-reactive ketones (excluding diaryl/α,β-unsaturated/α-hetero) is 1. The van der Waals surface area contributed by atoms with Crippen LogP contribution in [0.2, 0.25) is 5.28 Å². The molecule has 0 saturated carbocycles. The fourth-order valence-electron chi connectivity index (χ4n) is 3.60. The number of ether oxygens (including phenoxy) is 1. The van der Waals surface area contributed by atoms with Crippen molar-refractivity contribution in [1.29, 1.82) is 0 Å². The van der Waals surface area contributed by atoms with Crippen LogP contribution < -0.4 is 4.90 Å². The van der Waals surface area contributed by atoms with Crippen LogP contribution in [-0.2, 0) is 29.0 Å². The summed E-state index contributed by atoms with van der Waals surface area (Å²) in [6.07, 6.45) is 1.16. The molecule has 2 aliphatic rings. The Morgan fingerprint density at radius 3 is 2.57 bits per heavy atom. The fraction of sp³-hybridized carbons (Fsp3) is 0.400. The Kier molecular flexibility index (Phi) is 5.43. The molecule has 0 bridgehead atoms. The molecule has 0 unspecified atom stereocenters. The predicted molar refractivity (Wildman–Crippen MR) is 104 cm³/mol. The fourth-order valence-corrected chi connectivity index (χ4v) is 3.78. The molecule has 2 aromatic rings. The summed E-state index contributed by atoms with van der Waals surface area (Å²) in [5, 5.41) is 0.160. The minimum atomic E-state index is -0.308. The second kappa shape index (κ2) is 8.14. The molecule has 1 aromatic heterocycles. The summed E-state index contributed by atoms with van der Waals surface area (Å²) in [6.45, 7) is 2.62. The van der Waals surface area contributed by atoms with Gasteiger partial charge in [0.1, 0.15) is 18.2 Å². The number of carbonyl (C=O) groups is 2. The van der Waals surface area contributed by atoms with Crippen molar-refractivity contribution in [2.75, 3.05) is 31.1 Å². The zero-order valence-electron chi connectivity index (χ0n) is 15.4. The lowest BCUT2D eigenvalue weighted by atomic mass is 9.95. The van der Waals surface area contributed by atoms with Crippen molar-refractivity contribution in [2.45, 2.75) is 25.9 Å². The molecule has 1 fully saturated rings. The smallest absolute Gasteiger partial charge is 0.410 e. The summed E-state index contributed by atoms with van der Waals surface area (Å²) >= 11 is 6.08. The molecule has 28 heavy (non-hydrogen) atoms. The third-order valence-electron chi connectivity index (χ3n) is 5.10. The second-order valence-electron chi connectivity index (χ2n) is 6.97. The number of anilines is 1. The van der Waals surface area contributed by atoms with Gasteiger partial charge >= 0.3 is 6.09 Å². The summed E-state index contributed by atoms with van der Waals surface area (Å²) < 4.78 is 5.41. The molecule has 146 valence electrons. The van der Waals surface area contributed by atoms with Crippen LogP contribution in [0, 0.1) is 0 Å². The van der Waals surface area contributed by atoms with E-state index in [1.165, 1.54) is 0 Å². The molecular formula is C20H21ClN4O3. The van der Waals surface area contributed by atoms with Crippen molar-refractivity contribution in [2.24, 2.45) is 0 Å². The Morgan fingerprint density at radius 2 is 1.82 bits per heavy atom. The molecule has 2 heterocycles. The summed E-state index contributed by atoms with van der Waals surface area (Å²) in [4.78, 5) is 36.5. The van der Waals surface area contributed by atoms with E-state index in [9.17, 15) is 9.59 Å². The van der Waals surface area contributed by atoms with Crippen LogP contribution in [0.3, 0.4) is 0 Å². The lowest BCUT2D eigenvalue weighted by molar-refractivity contribution is -0.118. The lowest BCUT2D eigenvalue weighted by Crippen LogP contribution is -2.49. The number of hydrogen-bond acceptors (Lipinski definition) is 6. The maximum atomic E-state index is 12.3. The third-order valence-corrected chi connectivity index (χ3v) is 5.27. The molecule has 1 aromatic carbocycles. The molecular weight excluding hydrogens is 380 g/mol. The van der Waals surface area contributed by atoms with Gasteiger partial charge in [0, 0.05) is 44.6 Å². The number of carbonyl (C=O) groups excluding carboxylic acids is 2. The maximum absolute atomic E-state index is 12.3. The maximum Gasteiger partial charge on any atom is 0.410 e. The Hall–Kier alpha value is -2.67. The van der Waals surface area contributed by atoms with Crippen molar-refractivity contribution in [3.05, 3.63) is 52.4 Å². The van der Waals surface area contributed by atoms with Crippen molar-refractivity contribution >= 4 is 29.3 Å². The summed E-state index contributed by atoms with van der Waals surface area (Å²) in [7, 11) is 0. The number of amides is 1. The standard InChI is InChI=1S/C20H21ClN4O3/c21-19-22-17-12-15(26)6-7-16(17)18(23-19)24-8-10-25(11-9-24)20(27)28-13-14-4-2-1-3-5-14/h1-5H,6-13H2. The molecule has 0 spiro atoms. The first kappa shape index (κ1) is 18.7. The second-order valence-corrected chi connectivity index (χ2v) is 7.31. The van der Waals surface area contributed by atoms with Gasteiger partial charge in [-0.05, 0) is 23.6 Å². The van der Waals surface area contributed by atoms with E-state index < -0.39 is 0 Å². The van der Waals surface area contributed by atoms with E-state index >= 15 is 0 Å². The highest BCUT2D eigenvalue weighted by Crippen LogP contribution is 2.28. The Morgan fingerprint density at radius 1 is 1.07 bits per heavy atom. The largest absolute Gasteiger partial charge is 0.445 e. The number of piperazine rings is 1. The molecule has 0 N–H and O–H groups in total. The number of benzene rings is 1. The number of halogens is 1. The zero-order chi connectivity index (χ0) is 19.5. The van der Waals surface area contributed by atoms with E-state index in [4.69, 9.17) is 16.3 Å². The van der Waals surface area contributed by atoms with Crippen molar-refractivity contribution in [3.8, 4) is 0 Å². The number of fused-ring (bicyclic) bond motifs is 1. The van der Waals surface area contributed by atoms with E-state index in [0.717, 1.165) is 22.6 Å². The zero-order valence-corrected chi connectivity index (χ0v) is 16.2. The topological polar surface area (TPSA) is 75.6 Å². The van der Waals surface area contributed by atoms with E-state index in [0.29, 0.717) is 45.4 Å². The van der Waals surface area contributed by atoms with Crippen molar-refractivity contribution in [1.82, 2.24) is 14.9 Å². The van der Waals surface area contributed by atoms with Crippen LogP contribution in [-0.4, -0.2) is 52.9 Å². The first-order valence-electron chi connectivity index (χ1n) is 9.38. The van der Waals surface area contributed by atoms with Crippen LogP contribution in [0.5, 0.6) is 0 Å². The number of rotatable bonds is 3. The molecule has 1 amide bonds. The molecule has 1 aliphatic heterocycles. The minimum Gasteiger partial charge on any atom is -0.445 e. The number of ketones is 1. The number of nitrogens with zero attached hydrogens (tertiary/aromatic N) is 4. The molecule has 0 atom stereocenters.